The molecule has 22 heavy (non-hydrogen) atoms. The van der Waals surface area contributed by atoms with E-state index in [0.717, 1.165) is 13.0 Å². The van der Waals surface area contributed by atoms with Gasteiger partial charge in [0.1, 0.15) is 11.5 Å². The number of nitrogens with zero attached hydrogens (tertiary/aromatic N) is 1. The van der Waals surface area contributed by atoms with Crippen LogP contribution in [0.1, 0.15) is 6.42 Å². The molecule has 114 valence electrons. The van der Waals surface area contributed by atoms with E-state index in [4.69, 9.17) is 9.47 Å². The van der Waals surface area contributed by atoms with Crippen molar-refractivity contribution in [3.05, 3.63) is 59.1 Å². The van der Waals surface area contributed by atoms with Gasteiger partial charge in [0, 0.05) is 43.3 Å². The van der Waals surface area contributed by atoms with Gasteiger partial charge in [-0.2, -0.15) is 0 Å². The number of pyridine rings is 1. The molecular formula is C17H18N2O3. The zero-order valence-electron chi connectivity index (χ0n) is 12.4. The molecule has 0 fully saturated rings. The van der Waals surface area contributed by atoms with Crippen molar-refractivity contribution in [1.29, 1.82) is 0 Å². The van der Waals surface area contributed by atoms with Crippen LogP contribution in [0.15, 0.2) is 53.7 Å². The first-order chi connectivity index (χ1) is 10.8. The molecule has 2 heterocycles. The molecule has 1 N–H and O–H groups in total. The van der Waals surface area contributed by atoms with Crippen molar-refractivity contribution in [2.45, 2.75) is 13.0 Å². The predicted octanol–water partition coefficient (Wildman–Crippen LogP) is 2.81. The van der Waals surface area contributed by atoms with Crippen molar-refractivity contribution in [2.24, 2.45) is 0 Å². The van der Waals surface area contributed by atoms with Crippen molar-refractivity contribution in [2.75, 3.05) is 13.7 Å². The number of aromatic nitrogens is 2. The fourth-order valence-electron chi connectivity index (χ4n) is 2.45. The summed E-state index contributed by atoms with van der Waals surface area (Å²) in [5, 5.41) is 0.546. The van der Waals surface area contributed by atoms with Crippen LogP contribution in [0.25, 0.3) is 10.9 Å². The van der Waals surface area contributed by atoms with Crippen LogP contribution in [-0.4, -0.2) is 23.3 Å². The molecule has 0 radical (unpaired) electrons. The van der Waals surface area contributed by atoms with Gasteiger partial charge in [-0.05, 0) is 18.6 Å². The Balaban J connectivity index is 1.72. The number of aryl methyl sites for hydroxylation is 1. The molecule has 0 aliphatic carbocycles. The van der Waals surface area contributed by atoms with Crippen molar-refractivity contribution in [3.8, 4) is 11.5 Å². The van der Waals surface area contributed by atoms with Crippen molar-refractivity contribution < 1.29 is 9.47 Å². The number of fused-ring (bicyclic) bond motifs is 1. The van der Waals surface area contributed by atoms with E-state index in [0.29, 0.717) is 29.0 Å². The molecule has 0 spiro atoms. The topological polar surface area (TPSA) is 56.2 Å². The predicted molar refractivity (Wildman–Crippen MR) is 85.7 cm³/mol. The Bertz CT molecular complexity index is 806. The molecule has 0 aliphatic heterocycles. The normalized spacial score (nSPS) is 10.8. The van der Waals surface area contributed by atoms with E-state index in [1.54, 1.807) is 19.4 Å². The maximum Gasteiger partial charge on any atom is 0.193 e. The second kappa shape index (κ2) is 6.39. The molecule has 0 atom stereocenters. The largest absolute Gasteiger partial charge is 0.496 e. The summed E-state index contributed by atoms with van der Waals surface area (Å²) in [5.74, 6) is 1.22. The molecule has 0 saturated carbocycles. The fourth-order valence-corrected chi connectivity index (χ4v) is 2.45. The summed E-state index contributed by atoms with van der Waals surface area (Å²) < 4.78 is 13.2. The Labute approximate surface area is 128 Å². The highest BCUT2D eigenvalue weighted by atomic mass is 16.5. The third kappa shape index (κ3) is 2.98. The number of aromatic amines is 1. The van der Waals surface area contributed by atoms with Crippen LogP contribution < -0.4 is 14.9 Å². The van der Waals surface area contributed by atoms with Crippen LogP contribution in [0, 0.1) is 0 Å². The number of rotatable bonds is 6. The zero-order valence-corrected chi connectivity index (χ0v) is 12.4. The van der Waals surface area contributed by atoms with Crippen LogP contribution in [0.2, 0.25) is 0 Å². The molecule has 0 bridgehead atoms. The minimum atomic E-state index is -0.0650. The van der Waals surface area contributed by atoms with Gasteiger partial charge in [0.25, 0.3) is 0 Å². The summed E-state index contributed by atoms with van der Waals surface area (Å²) in [4.78, 5) is 15.0. The van der Waals surface area contributed by atoms with Gasteiger partial charge >= 0.3 is 0 Å². The van der Waals surface area contributed by atoms with Gasteiger partial charge in [-0.15, -0.1) is 0 Å². The molecule has 5 nitrogen and oxygen atoms in total. The molecule has 0 amide bonds. The molecule has 0 unspecified atom stereocenters. The van der Waals surface area contributed by atoms with Gasteiger partial charge in [-0.3, -0.25) is 4.79 Å². The minimum Gasteiger partial charge on any atom is -0.496 e. The summed E-state index contributed by atoms with van der Waals surface area (Å²) in [6.45, 7) is 1.51. The molecule has 0 aliphatic rings. The highest BCUT2D eigenvalue weighted by Crippen LogP contribution is 2.27. The summed E-state index contributed by atoms with van der Waals surface area (Å²) in [6, 6.07) is 9.08. The first kappa shape index (κ1) is 14.3. The van der Waals surface area contributed by atoms with Gasteiger partial charge in [-0.25, -0.2) is 0 Å². The summed E-state index contributed by atoms with van der Waals surface area (Å²) in [5.41, 5.74) is 0.650. The van der Waals surface area contributed by atoms with E-state index < -0.39 is 0 Å². The van der Waals surface area contributed by atoms with E-state index in [-0.39, 0.29) is 5.43 Å². The van der Waals surface area contributed by atoms with Crippen LogP contribution in [-0.2, 0) is 6.54 Å². The average molecular weight is 298 g/mol. The van der Waals surface area contributed by atoms with E-state index >= 15 is 0 Å². The molecule has 1 aromatic carbocycles. The molecular weight excluding hydrogens is 280 g/mol. The van der Waals surface area contributed by atoms with E-state index in [1.165, 1.54) is 6.07 Å². The Morgan fingerprint density at radius 1 is 1.23 bits per heavy atom. The number of hydrogen-bond acceptors (Lipinski definition) is 3. The van der Waals surface area contributed by atoms with Crippen LogP contribution >= 0.6 is 0 Å². The second-order valence-corrected chi connectivity index (χ2v) is 5.01. The number of ether oxygens (including phenoxy) is 2. The number of H-pyrrole nitrogens is 1. The first-order valence-electron chi connectivity index (χ1n) is 7.21. The second-order valence-electron chi connectivity index (χ2n) is 5.01. The van der Waals surface area contributed by atoms with Crippen LogP contribution in [0.3, 0.4) is 0 Å². The summed E-state index contributed by atoms with van der Waals surface area (Å²) in [6.07, 6.45) is 6.59. The van der Waals surface area contributed by atoms with Crippen molar-refractivity contribution in [1.82, 2.24) is 9.55 Å². The van der Waals surface area contributed by atoms with E-state index in [1.807, 2.05) is 30.6 Å². The zero-order chi connectivity index (χ0) is 15.4. The number of benzene rings is 1. The summed E-state index contributed by atoms with van der Waals surface area (Å²) >= 11 is 0. The Kier molecular flexibility index (Phi) is 4.14. The number of nitrogens with one attached hydrogen (secondary N) is 1. The van der Waals surface area contributed by atoms with Gasteiger partial charge < -0.3 is 19.0 Å². The SMILES string of the molecule is COc1cc(OCCCn2cccc2)cc2[nH]ccc(=O)c12. The lowest BCUT2D eigenvalue weighted by molar-refractivity contribution is 0.300. The Morgan fingerprint density at radius 2 is 2.05 bits per heavy atom. The summed E-state index contributed by atoms with van der Waals surface area (Å²) in [7, 11) is 1.55. The maximum atomic E-state index is 11.9. The molecule has 3 aromatic rings. The monoisotopic (exact) mass is 298 g/mol. The van der Waals surface area contributed by atoms with Gasteiger partial charge in [0.2, 0.25) is 0 Å². The lowest BCUT2D eigenvalue weighted by Crippen LogP contribution is -2.05. The van der Waals surface area contributed by atoms with Gasteiger partial charge in [-0.1, -0.05) is 0 Å². The Hall–Kier alpha value is -2.69. The molecule has 3 rings (SSSR count). The highest BCUT2D eigenvalue weighted by Gasteiger charge is 2.08. The molecule has 2 aromatic heterocycles. The van der Waals surface area contributed by atoms with Gasteiger partial charge in [0.05, 0.1) is 24.6 Å². The molecule has 0 saturated heterocycles. The first-order valence-corrected chi connectivity index (χ1v) is 7.21. The lowest BCUT2D eigenvalue weighted by Gasteiger charge is -2.10. The van der Waals surface area contributed by atoms with E-state index in [2.05, 4.69) is 9.55 Å². The third-order valence-corrected chi connectivity index (χ3v) is 3.51. The average Bonchev–Trinajstić information content (AvgIpc) is 3.04. The van der Waals surface area contributed by atoms with Crippen LogP contribution in [0.4, 0.5) is 0 Å². The fraction of sp³-hybridized carbons (Fsp3) is 0.235. The highest BCUT2D eigenvalue weighted by molar-refractivity contribution is 5.86. The van der Waals surface area contributed by atoms with Crippen molar-refractivity contribution in [3.63, 3.8) is 0 Å². The quantitative estimate of drug-likeness (QED) is 0.712. The number of methoxy groups -OCH3 is 1. The van der Waals surface area contributed by atoms with Crippen molar-refractivity contribution >= 4 is 10.9 Å². The minimum absolute atomic E-state index is 0.0650. The third-order valence-electron chi connectivity index (χ3n) is 3.51. The van der Waals surface area contributed by atoms with E-state index in [9.17, 15) is 4.79 Å². The lowest BCUT2D eigenvalue weighted by atomic mass is 10.2. The standard InChI is InChI=1S/C17H18N2O3/c1-21-16-12-13(11-14-17(16)15(20)5-6-18-14)22-10-4-9-19-7-2-3-8-19/h2-3,5-8,11-12H,4,9-10H2,1H3,(H,18,20). The van der Waals surface area contributed by atoms with Gasteiger partial charge in [0.15, 0.2) is 5.43 Å². The Morgan fingerprint density at radius 3 is 2.82 bits per heavy atom. The van der Waals surface area contributed by atoms with Crippen LogP contribution in [0.5, 0.6) is 11.5 Å². The smallest absolute Gasteiger partial charge is 0.193 e. The number of hydrogen-bond donors (Lipinski definition) is 1. The molecule has 5 heteroatoms. The maximum absolute atomic E-state index is 11.9.